The van der Waals surface area contributed by atoms with Gasteiger partial charge in [-0.25, -0.2) is 20.3 Å². The first kappa shape index (κ1) is 20.7. The molecule has 1 spiro atoms. The van der Waals surface area contributed by atoms with Crippen LogP contribution in [0.25, 0.3) is 0 Å². The van der Waals surface area contributed by atoms with Gasteiger partial charge in [-0.05, 0) is 30.7 Å². The Balaban J connectivity index is 1.48. The Kier molecular flexibility index (Phi) is 6.24. The quantitative estimate of drug-likeness (QED) is 0.748. The summed E-state index contributed by atoms with van der Waals surface area (Å²) >= 11 is 0. The van der Waals surface area contributed by atoms with E-state index in [0.29, 0.717) is 25.6 Å². The lowest BCUT2D eigenvalue weighted by molar-refractivity contribution is -0.0875. The fourth-order valence-corrected chi connectivity index (χ4v) is 3.59. The van der Waals surface area contributed by atoms with E-state index < -0.39 is 5.72 Å². The Morgan fingerprint density at radius 1 is 1.20 bits per heavy atom. The average Bonchev–Trinajstić information content (AvgIpc) is 3.40. The second-order valence-corrected chi connectivity index (χ2v) is 8.57. The van der Waals surface area contributed by atoms with E-state index in [2.05, 4.69) is 53.3 Å². The van der Waals surface area contributed by atoms with Gasteiger partial charge in [0.05, 0.1) is 18.8 Å². The number of hydrogen-bond acceptors (Lipinski definition) is 8. The van der Waals surface area contributed by atoms with Gasteiger partial charge in [0.2, 0.25) is 5.96 Å². The molecule has 0 amide bonds. The number of hydroxylamine groups is 1. The smallest absolute Gasteiger partial charge is 0.222 e. The van der Waals surface area contributed by atoms with Crippen LogP contribution < -0.4 is 10.2 Å². The summed E-state index contributed by atoms with van der Waals surface area (Å²) in [5.74, 6) is 2.13. The molecule has 1 aromatic heterocycles. The van der Waals surface area contributed by atoms with Crippen LogP contribution in [-0.4, -0.2) is 53.2 Å². The van der Waals surface area contributed by atoms with Crippen molar-refractivity contribution < 1.29 is 14.0 Å². The van der Waals surface area contributed by atoms with Crippen LogP contribution in [0, 0.1) is 5.92 Å². The summed E-state index contributed by atoms with van der Waals surface area (Å²) in [6.07, 6.45) is 4.87. The summed E-state index contributed by atoms with van der Waals surface area (Å²) < 4.78 is 11.0. The summed E-state index contributed by atoms with van der Waals surface area (Å²) in [5, 5.41) is 0. The van der Waals surface area contributed by atoms with E-state index in [1.54, 1.807) is 6.26 Å². The van der Waals surface area contributed by atoms with Gasteiger partial charge in [0, 0.05) is 32.5 Å². The molecule has 1 saturated heterocycles. The third-order valence-corrected chi connectivity index (χ3v) is 5.43. The van der Waals surface area contributed by atoms with E-state index in [4.69, 9.17) is 19.0 Å². The Bertz CT molecular complexity index is 827. The van der Waals surface area contributed by atoms with Crippen LogP contribution >= 0.6 is 0 Å². The molecule has 3 heterocycles. The van der Waals surface area contributed by atoms with E-state index >= 15 is 0 Å². The molecule has 0 saturated carbocycles. The molecule has 0 bridgehead atoms. The predicted octanol–water partition coefficient (Wildman–Crippen LogP) is 3.02. The molecule has 2 aliphatic heterocycles. The number of likely N-dealkylation sites (tertiary alicyclic amines) is 1. The van der Waals surface area contributed by atoms with Crippen molar-refractivity contribution in [1.82, 2.24) is 20.3 Å². The number of piperidine rings is 1. The van der Waals surface area contributed by atoms with Gasteiger partial charge in [-0.3, -0.25) is 0 Å². The van der Waals surface area contributed by atoms with E-state index in [-0.39, 0.29) is 0 Å². The van der Waals surface area contributed by atoms with Crippen LogP contribution in [0.2, 0.25) is 0 Å². The SMILES string of the molecule is CC(C)COc1ccc(CN(Cc2cocn2)C2=NC3(CCN(C)CC3)ON2)cc1. The number of hydrogen-bond donors (Lipinski definition) is 1. The van der Waals surface area contributed by atoms with Gasteiger partial charge in [-0.2, -0.15) is 0 Å². The number of ether oxygens (including phenoxy) is 1. The van der Waals surface area contributed by atoms with Crippen LogP contribution in [0.3, 0.4) is 0 Å². The van der Waals surface area contributed by atoms with Crippen molar-refractivity contribution in [1.29, 1.82) is 0 Å². The number of aliphatic imine (C=N–C) groups is 1. The Labute approximate surface area is 177 Å². The van der Waals surface area contributed by atoms with Crippen molar-refractivity contribution in [3.8, 4) is 5.75 Å². The molecule has 0 radical (unpaired) electrons. The summed E-state index contributed by atoms with van der Waals surface area (Å²) in [5.41, 5.74) is 4.61. The minimum absolute atomic E-state index is 0.474. The van der Waals surface area contributed by atoms with Gasteiger partial charge < -0.3 is 19.0 Å². The molecule has 4 rings (SSSR count). The monoisotopic (exact) mass is 413 g/mol. The third-order valence-electron chi connectivity index (χ3n) is 5.43. The molecule has 8 nitrogen and oxygen atoms in total. The maximum absolute atomic E-state index is 5.97. The molecule has 1 fully saturated rings. The zero-order chi connectivity index (χ0) is 21.0. The summed E-state index contributed by atoms with van der Waals surface area (Å²) in [6.45, 7) is 8.19. The maximum Gasteiger partial charge on any atom is 0.222 e. The van der Waals surface area contributed by atoms with Crippen LogP contribution in [0.4, 0.5) is 0 Å². The Hall–Kier alpha value is -2.58. The molecule has 30 heavy (non-hydrogen) atoms. The molecule has 1 N–H and O–H groups in total. The fraction of sp³-hybridized carbons (Fsp3) is 0.545. The largest absolute Gasteiger partial charge is 0.493 e. The van der Waals surface area contributed by atoms with E-state index in [1.807, 2.05) is 12.1 Å². The maximum atomic E-state index is 5.97. The van der Waals surface area contributed by atoms with Gasteiger partial charge in [-0.15, -0.1) is 0 Å². The molecule has 0 atom stereocenters. The normalized spacial score (nSPS) is 18.5. The molecular formula is C22H31N5O3. The number of rotatable bonds is 7. The van der Waals surface area contributed by atoms with Gasteiger partial charge in [0.25, 0.3) is 0 Å². The fourth-order valence-electron chi connectivity index (χ4n) is 3.59. The second-order valence-electron chi connectivity index (χ2n) is 8.57. The Morgan fingerprint density at radius 3 is 2.63 bits per heavy atom. The highest BCUT2D eigenvalue weighted by atomic mass is 16.7. The van der Waals surface area contributed by atoms with Crippen LogP contribution in [0.15, 0.2) is 46.3 Å². The van der Waals surface area contributed by atoms with Crippen LogP contribution in [0.5, 0.6) is 5.75 Å². The first-order valence-corrected chi connectivity index (χ1v) is 10.6. The van der Waals surface area contributed by atoms with Gasteiger partial charge >= 0.3 is 0 Å². The van der Waals surface area contributed by atoms with Crippen molar-refractivity contribution in [2.75, 3.05) is 26.7 Å². The number of nitrogens with zero attached hydrogens (tertiary/aromatic N) is 4. The van der Waals surface area contributed by atoms with E-state index in [1.165, 1.54) is 6.39 Å². The van der Waals surface area contributed by atoms with Gasteiger partial charge in [-0.1, -0.05) is 26.0 Å². The van der Waals surface area contributed by atoms with Crippen LogP contribution in [-0.2, 0) is 17.9 Å². The minimum atomic E-state index is -0.474. The van der Waals surface area contributed by atoms with Gasteiger partial charge in [0.15, 0.2) is 12.1 Å². The van der Waals surface area contributed by atoms with Crippen molar-refractivity contribution in [3.05, 3.63) is 48.2 Å². The summed E-state index contributed by atoms with van der Waals surface area (Å²) in [6, 6.07) is 8.22. The third kappa shape index (κ3) is 5.12. The highest BCUT2D eigenvalue weighted by Gasteiger charge is 2.40. The number of nitrogens with one attached hydrogen (secondary N) is 1. The van der Waals surface area contributed by atoms with Crippen molar-refractivity contribution in [3.63, 3.8) is 0 Å². The number of oxazole rings is 1. The molecule has 2 aliphatic rings. The lowest BCUT2D eigenvalue weighted by atomic mass is 10.0. The standard InChI is InChI=1S/C22H31N5O3/c1-17(2)14-29-20-6-4-18(5-7-20)12-27(13-19-15-28-16-23-19)21-24-22(30-25-21)8-10-26(3)11-9-22/h4-7,15-17H,8-14H2,1-3H3,(H,24,25). The first-order chi connectivity index (χ1) is 14.5. The zero-order valence-corrected chi connectivity index (χ0v) is 18.0. The van der Waals surface area contributed by atoms with E-state index in [0.717, 1.165) is 48.9 Å². The highest BCUT2D eigenvalue weighted by molar-refractivity contribution is 5.80. The minimum Gasteiger partial charge on any atom is -0.493 e. The second kappa shape index (κ2) is 9.06. The molecule has 162 valence electrons. The Morgan fingerprint density at radius 2 is 1.97 bits per heavy atom. The highest BCUT2D eigenvalue weighted by Crippen LogP contribution is 2.30. The molecule has 1 aromatic carbocycles. The van der Waals surface area contributed by atoms with Gasteiger partial charge in [0.1, 0.15) is 12.0 Å². The van der Waals surface area contributed by atoms with Crippen LogP contribution in [0.1, 0.15) is 37.9 Å². The average molecular weight is 414 g/mol. The summed E-state index contributed by atoms with van der Waals surface area (Å²) in [4.78, 5) is 19.6. The first-order valence-electron chi connectivity index (χ1n) is 10.6. The van der Waals surface area contributed by atoms with E-state index in [9.17, 15) is 0 Å². The molecule has 0 unspecified atom stereocenters. The van der Waals surface area contributed by atoms with Crippen molar-refractivity contribution in [2.24, 2.45) is 10.9 Å². The number of aromatic nitrogens is 1. The number of guanidine groups is 1. The lowest BCUT2D eigenvalue weighted by Crippen LogP contribution is -2.43. The number of benzene rings is 1. The zero-order valence-electron chi connectivity index (χ0n) is 18.0. The molecular weight excluding hydrogens is 382 g/mol. The summed E-state index contributed by atoms with van der Waals surface area (Å²) in [7, 11) is 2.13. The molecule has 0 aliphatic carbocycles. The molecule has 8 heteroatoms. The lowest BCUT2D eigenvalue weighted by Gasteiger charge is -2.33. The van der Waals surface area contributed by atoms with Crippen molar-refractivity contribution >= 4 is 5.96 Å². The topological polar surface area (TPSA) is 75.4 Å². The predicted molar refractivity (Wildman–Crippen MR) is 114 cm³/mol. The van der Waals surface area contributed by atoms with Crippen molar-refractivity contribution in [2.45, 2.75) is 45.5 Å². The molecule has 2 aromatic rings.